The lowest BCUT2D eigenvalue weighted by molar-refractivity contribution is 0.472. The topological polar surface area (TPSA) is 67.7 Å². The maximum atomic E-state index is 7.19. The smallest absolute Gasteiger partial charge is 0.0965 e. The number of nitrogens with zero attached hydrogens (tertiary/aromatic N) is 2. The first-order valence-corrected chi connectivity index (χ1v) is 4.43. The normalized spacial score (nSPS) is 10.7. The monoisotopic (exact) mass is 180 g/mol. The number of rotatable bonds is 4. The molecule has 0 spiro atoms. The van der Waals surface area contributed by atoms with Crippen LogP contribution in [-0.4, -0.2) is 15.6 Å². The largest absolute Gasteiger partial charge is 0.387 e. The molecule has 0 saturated heterocycles. The first kappa shape index (κ1) is 9.77. The van der Waals surface area contributed by atoms with Crippen molar-refractivity contribution in [3.63, 3.8) is 0 Å². The molecule has 1 aromatic heterocycles. The van der Waals surface area contributed by atoms with E-state index in [0.717, 1.165) is 12.2 Å². The Bertz CT molecular complexity index is 288. The third kappa shape index (κ3) is 2.89. The molecule has 0 unspecified atom stereocenters. The zero-order valence-electron chi connectivity index (χ0n) is 8.12. The summed E-state index contributed by atoms with van der Waals surface area (Å²) in [5.41, 5.74) is 6.34. The Balaban J connectivity index is 2.71. The van der Waals surface area contributed by atoms with Gasteiger partial charge in [-0.1, -0.05) is 13.8 Å². The summed E-state index contributed by atoms with van der Waals surface area (Å²) in [5, 5.41) is 11.4. The summed E-state index contributed by atoms with van der Waals surface area (Å²) in [7, 11) is 0. The summed E-state index contributed by atoms with van der Waals surface area (Å²) in [6.07, 6.45) is 2.24. The van der Waals surface area contributed by atoms with Crippen molar-refractivity contribution in [3.8, 4) is 0 Å². The van der Waals surface area contributed by atoms with Crippen molar-refractivity contribution < 1.29 is 0 Å². The number of aromatic nitrogens is 2. The van der Waals surface area contributed by atoms with Crippen molar-refractivity contribution in [3.05, 3.63) is 18.0 Å². The molecule has 0 aliphatic rings. The third-order valence-corrected chi connectivity index (χ3v) is 1.71. The SMILES string of the molecule is CC(C)Cn1nccc1CC(=N)N. The van der Waals surface area contributed by atoms with Gasteiger partial charge in [-0.15, -0.1) is 0 Å². The van der Waals surface area contributed by atoms with E-state index in [1.165, 1.54) is 0 Å². The van der Waals surface area contributed by atoms with Gasteiger partial charge in [0.2, 0.25) is 0 Å². The molecule has 0 aromatic carbocycles. The Labute approximate surface area is 78.3 Å². The molecule has 0 atom stereocenters. The van der Waals surface area contributed by atoms with Crippen molar-refractivity contribution in [2.24, 2.45) is 11.7 Å². The number of nitrogens with two attached hydrogens (primary N) is 1. The zero-order valence-corrected chi connectivity index (χ0v) is 8.12. The Morgan fingerprint density at radius 3 is 2.92 bits per heavy atom. The zero-order chi connectivity index (χ0) is 9.84. The van der Waals surface area contributed by atoms with E-state index in [1.807, 2.05) is 10.7 Å². The highest BCUT2D eigenvalue weighted by Crippen LogP contribution is 2.04. The first-order chi connectivity index (χ1) is 6.09. The first-order valence-electron chi connectivity index (χ1n) is 4.43. The standard InChI is InChI=1S/C9H16N4/c1-7(2)6-13-8(3-4-12-13)5-9(10)11/h3-4,7H,5-6H2,1-2H3,(H3,10,11). The van der Waals surface area contributed by atoms with Crippen LogP contribution in [0.4, 0.5) is 0 Å². The van der Waals surface area contributed by atoms with Gasteiger partial charge in [0, 0.05) is 24.9 Å². The van der Waals surface area contributed by atoms with Crippen LogP contribution in [0.25, 0.3) is 0 Å². The van der Waals surface area contributed by atoms with Crippen LogP contribution in [0.2, 0.25) is 0 Å². The van der Waals surface area contributed by atoms with Gasteiger partial charge in [0.05, 0.1) is 5.84 Å². The van der Waals surface area contributed by atoms with Crippen molar-refractivity contribution in [2.45, 2.75) is 26.8 Å². The van der Waals surface area contributed by atoms with E-state index in [-0.39, 0.29) is 5.84 Å². The van der Waals surface area contributed by atoms with Crippen LogP contribution in [0.1, 0.15) is 19.5 Å². The Hall–Kier alpha value is -1.32. The molecule has 1 aromatic rings. The lowest BCUT2D eigenvalue weighted by Crippen LogP contribution is -2.17. The maximum absolute atomic E-state index is 7.19. The highest BCUT2D eigenvalue weighted by molar-refractivity contribution is 5.78. The minimum atomic E-state index is 0.186. The van der Waals surface area contributed by atoms with E-state index in [9.17, 15) is 0 Å². The molecule has 4 heteroatoms. The minimum Gasteiger partial charge on any atom is -0.387 e. The third-order valence-electron chi connectivity index (χ3n) is 1.71. The molecule has 0 radical (unpaired) electrons. The predicted octanol–water partition coefficient (Wildman–Crippen LogP) is 1.02. The maximum Gasteiger partial charge on any atom is 0.0965 e. The van der Waals surface area contributed by atoms with Crippen molar-refractivity contribution in [2.75, 3.05) is 0 Å². The van der Waals surface area contributed by atoms with E-state index in [2.05, 4.69) is 18.9 Å². The number of hydrogen-bond acceptors (Lipinski definition) is 2. The molecule has 0 saturated carbocycles. The summed E-state index contributed by atoms with van der Waals surface area (Å²) in [5.74, 6) is 0.746. The van der Waals surface area contributed by atoms with Crippen LogP contribution < -0.4 is 5.73 Å². The summed E-state index contributed by atoms with van der Waals surface area (Å²) >= 11 is 0. The summed E-state index contributed by atoms with van der Waals surface area (Å²) in [6.45, 7) is 5.16. The predicted molar refractivity (Wildman–Crippen MR) is 52.7 cm³/mol. The van der Waals surface area contributed by atoms with Crippen LogP contribution in [0, 0.1) is 11.3 Å². The Morgan fingerprint density at radius 2 is 2.38 bits per heavy atom. The minimum absolute atomic E-state index is 0.186. The van der Waals surface area contributed by atoms with Gasteiger partial charge < -0.3 is 5.73 Å². The Morgan fingerprint density at radius 1 is 1.69 bits per heavy atom. The molecular weight excluding hydrogens is 164 g/mol. The molecule has 4 nitrogen and oxygen atoms in total. The highest BCUT2D eigenvalue weighted by atomic mass is 15.3. The molecule has 0 amide bonds. The highest BCUT2D eigenvalue weighted by Gasteiger charge is 2.04. The average molecular weight is 180 g/mol. The van der Waals surface area contributed by atoms with Gasteiger partial charge in [0.1, 0.15) is 0 Å². The van der Waals surface area contributed by atoms with Gasteiger partial charge in [-0.25, -0.2) is 0 Å². The molecule has 1 heterocycles. The lowest BCUT2D eigenvalue weighted by Gasteiger charge is -2.08. The summed E-state index contributed by atoms with van der Waals surface area (Å²) in [6, 6.07) is 1.91. The van der Waals surface area contributed by atoms with E-state index in [1.54, 1.807) is 6.20 Å². The quantitative estimate of drug-likeness (QED) is 0.536. The number of nitrogens with one attached hydrogen (secondary N) is 1. The van der Waals surface area contributed by atoms with E-state index in [4.69, 9.17) is 11.1 Å². The Kier molecular flexibility index (Phi) is 3.06. The van der Waals surface area contributed by atoms with Crippen molar-refractivity contribution in [1.82, 2.24) is 9.78 Å². The van der Waals surface area contributed by atoms with E-state index >= 15 is 0 Å². The molecular formula is C9H16N4. The van der Waals surface area contributed by atoms with E-state index in [0.29, 0.717) is 12.3 Å². The summed E-state index contributed by atoms with van der Waals surface area (Å²) in [4.78, 5) is 0. The van der Waals surface area contributed by atoms with Gasteiger partial charge in [0.25, 0.3) is 0 Å². The van der Waals surface area contributed by atoms with Crippen LogP contribution >= 0.6 is 0 Å². The molecule has 72 valence electrons. The van der Waals surface area contributed by atoms with Gasteiger partial charge in [-0.3, -0.25) is 10.1 Å². The molecule has 1 rings (SSSR count). The van der Waals surface area contributed by atoms with Crippen LogP contribution in [0.5, 0.6) is 0 Å². The van der Waals surface area contributed by atoms with E-state index < -0.39 is 0 Å². The molecule has 13 heavy (non-hydrogen) atoms. The van der Waals surface area contributed by atoms with Gasteiger partial charge >= 0.3 is 0 Å². The molecule has 0 aliphatic heterocycles. The van der Waals surface area contributed by atoms with Gasteiger partial charge in [0.15, 0.2) is 0 Å². The fraction of sp³-hybridized carbons (Fsp3) is 0.556. The van der Waals surface area contributed by atoms with Crippen LogP contribution in [-0.2, 0) is 13.0 Å². The molecule has 3 N–H and O–H groups in total. The van der Waals surface area contributed by atoms with Crippen LogP contribution in [0.3, 0.4) is 0 Å². The number of amidine groups is 1. The molecule has 0 aliphatic carbocycles. The fourth-order valence-electron chi connectivity index (χ4n) is 1.22. The van der Waals surface area contributed by atoms with Crippen molar-refractivity contribution >= 4 is 5.84 Å². The average Bonchev–Trinajstić information content (AvgIpc) is 2.34. The number of hydrogen-bond donors (Lipinski definition) is 2. The second-order valence-electron chi connectivity index (χ2n) is 3.60. The second kappa shape index (κ2) is 4.07. The lowest BCUT2D eigenvalue weighted by atomic mass is 10.2. The van der Waals surface area contributed by atoms with Crippen molar-refractivity contribution in [1.29, 1.82) is 5.41 Å². The second-order valence-corrected chi connectivity index (χ2v) is 3.60. The van der Waals surface area contributed by atoms with Gasteiger partial charge in [-0.05, 0) is 12.0 Å². The van der Waals surface area contributed by atoms with Crippen LogP contribution in [0.15, 0.2) is 12.3 Å². The summed E-state index contributed by atoms with van der Waals surface area (Å²) < 4.78 is 1.91. The molecule has 0 fully saturated rings. The van der Waals surface area contributed by atoms with Gasteiger partial charge in [-0.2, -0.15) is 5.10 Å². The fourth-order valence-corrected chi connectivity index (χ4v) is 1.22. The molecule has 0 bridgehead atoms.